The maximum atomic E-state index is 11.1. The Labute approximate surface area is 123 Å². The summed E-state index contributed by atoms with van der Waals surface area (Å²) in [7, 11) is 0. The van der Waals surface area contributed by atoms with E-state index in [2.05, 4.69) is 9.89 Å². The lowest BCUT2D eigenvalue weighted by molar-refractivity contribution is -0.445. The minimum Gasteiger partial charge on any atom is -0.360 e. The lowest BCUT2D eigenvalue weighted by atomic mass is 10.2. The average molecular weight is 336 g/mol. The van der Waals surface area contributed by atoms with Crippen LogP contribution in [-0.2, 0) is 0 Å². The minimum atomic E-state index is -6.13. The van der Waals surface area contributed by atoms with E-state index < -0.39 is 18.1 Å². The molecule has 0 radical (unpaired) electrons. The number of rotatable bonds is 0. The smallest absolute Gasteiger partial charge is 0.360 e. The first-order valence-electron chi connectivity index (χ1n) is 6.83. The van der Waals surface area contributed by atoms with Gasteiger partial charge in [-0.1, -0.05) is 6.42 Å². The molecule has 0 bridgehead atoms. The first-order valence-corrected chi connectivity index (χ1v) is 6.83. The van der Waals surface area contributed by atoms with Crippen LogP contribution in [0.4, 0.5) is 26.3 Å². The van der Waals surface area contributed by atoms with Crippen LogP contribution in [0, 0.1) is 0 Å². The molecule has 22 heavy (non-hydrogen) atoms. The molecule has 0 amide bonds. The molecule has 2 aliphatic heterocycles. The Morgan fingerprint density at radius 2 is 1.36 bits per heavy atom. The molecule has 4 nitrogen and oxygen atoms in total. The van der Waals surface area contributed by atoms with Crippen LogP contribution in [0.5, 0.6) is 0 Å². The molecule has 2 rings (SSSR count). The fourth-order valence-electron chi connectivity index (χ4n) is 2.10. The zero-order valence-corrected chi connectivity index (χ0v) is 11.7. The standard InChI is InChI=1S/C9H16N2.C3H2F6O2/c1-2-5-9-10-6-4-8-11(9)7-3-1;4-2(5,6)1(10,11)3(7,8)9/h1-8H2;10-11H. The number of hydrogen-bond acceptors (Lipinski definition) is 4. The molecule has 0 spiro atoms. The number of nitrogens with zero attached hydrogens (tertiary/aromatic N) is 2. The van der Waals surface area contributed by atoms with E-state index in [1.807, 2.05) is 0 Å². The number of alkyl halides is 6. The molecule has 1 saturated heterocycles. The van der Waals surface area contributed by atoms with Crippen LogP contribution in [0.3, 0.4) is 0 Å². The van der Waals surface area contributed by atoms with Gasteiger partial charge < -0.3 is 15.1 Å². The third kappa shape index (κ3) is 4.73. The number of hydrogen-bond donors (Lipinski definition) is 2. The lowest BCUT2D eigenvalue weighted by Gasteiger charge is -2.27. The largest absolute Gasteiger partial charge is 0.452 e. The lowest BCUT2D eigenvalue weighted by Crippen LogP contribution is -2.56. The summed E-state index contributed by atoms with van der Waals surface area (Å²) in [6.07, 6.45) is -5.64. The molecule has 2 heterocycles. The summed E-state index contributed by atoms with van der Waals surface area (Å²) in [6.45, 7) is 3.60. The van der Waals surface area contributed by atoms with Gasteiger partial charge in [0.15, 0.2) is 0 Å². The van der Waals surface area contributed by atoms with Gasteiger partial charge in [-0.2, -0.15) is 26.3 Å². The molecule has 0 aromatic carbocycles. The Hall–Kier alpha value is -1.03. The summed E-state index contributed by atoms with van der Waals surface area (Å²) >= 11 is 0. The van der Waals surface area contributed by atoms with Gasteiger partial charge in [-0.25, -0.2) is 0 Å². The number of fused-ring (bicyclic) bond motifs is 1. The van der Waals surface area contributed by atoms with Crippen molar-refractivity contribution in [2.45, 2.75) is 50.2 Å². The molecule has 10 heteroatoms. The maximum Gasteiger partial charge on any atom is 0.452 e. The molecular formula is C12H18F6N2O2. The van der Waals surface area contributed by atoms with Gasteiger partial charge >= 0.3 is 18.1 Å². The van der Waals surface area contributed by atoms with Gasteiger partial charge in [-0.3, -0.25) is 4.99 Å². The Balaban J connectivity index is 0.000000220. The second kappa shape index (κ2) is 7.03. The fraction of sp³-hybridized carbons (Fsp3) is 0.917. The predicted molar refractivity (Wildman–Crippen MR) is 66.2 cm³/mol. The SMILES string of the molecule is C1CCC2=NCCCN2CC1.OC(O)(C(F)(F)F)C(F)(F)F. The summed E-state index contributed by atoms with van der Waals surface area (Å²) < 4.78 is 66.7. The molecule has 0 unspecified atom stereocenters. The van der Waals surface area contributed by atoms with Crippen LogP contribution in [0.25, 0.3) is 0 Å². The highest BCUT2D eigenvalue weighted by molar-refractivity contribution is 5.83. The molecule has 1 fully saturated rings. The van der Waals surface area contributed by atoms with Gasteiger partial charge in [-0.05, 0) is 19.3 Å². The van der Waals surface area contributed by atoms with E-state index in [0.717, 1.165) is 6.54 Å². The van der Waals surface area contributed by atoms with Crippen molar-refractivity contribution in [3.63, 3.8) is 0 Å². The van der Waals surface area contributed by atoms with Crippen molar-refractivity contribution in [3.05, 3.63) is 0 Å². The monoisotopic (exact) mass is 336 g/mol. The number of halogens is 6. The van der Waals surface area contributed by atoms with Crippen LogP contribution in [0.15, 0.2) is 4.99 Å². The molecule has 0 aromatic rings. The van der Waals surface area contributed by atoms with Gasteiger partial charge in [0.05, 0.1) is 5.84 Å². The summed E-state index contributed by atoms with van der Waals surface area (Å²) in [4.78, 5) is 7.04. The highest BCUT2D eigenvalue weighted by Gasteiger charge is 2.70. The maximum absolute atomic E-state index is 11.1. The zero-order valence-electron chi connectivity index (χ0n) is 11.7. The van der Waals surface area contributed by atoms with Crippen molar-refractivity contribution in [1.82, 2.24) is 4.90 Å². The molecule has 0 aromatic heterocycles. The second-order valence-corrected chi connectivity index (χ2v) is 5.12. The van der Waals surface area contributed by atoms with E-state index in [1.54, 1.807) is 0 Å². The van der Waals surface area contributed by atoms with Crippen molar-refractivity contribution < 1.29 is 36.6 Å². The van der Waals surface area contributed by atoms with Gasteiger partial charge in [0.25, 0.3) is 0 Å². The van der Waals surface area contributed by atoms with E-state index in [9.17, 15) is 26.3 Å². The highest BCUT2D eigenvalue weighted by atomic mass is 19.4. The average Bonchev–Trinajstić information content (AvgIpc) is 2.62. The third-order valence-electron chi connectivity index (χ3n) is 3.36. The highest BCUT2D eigenvalue weighted by Crippen LogP contribution is 2.40. The van der Waals surface area contributed by atoms with Crippen LogP contribution in [-0.4, -0.2) is 58.7 Å². The van der Waals surface area contributed by atoms with Crippen LogP contribution < -0.4 is 0 Å². The van der Waals surface area contributed by atoms with Gasteiger partial charge in [0.1, 0.15) is 0 Å². The Bertz CT molecular complexity index is 376. The zero-order chi connectivity index (χ0) is 17.0. The first-order chi connectivity index (χ1) is 9.97. The van der Waals surface area contributed by atoms with Crippen molar-refractivity contribution in [2.24, 2.45) is 4.99 Å². The quantitative estimate of drug-likeness (QED) is 0.528. The van der Waals surface area contributed by atoms with E-state index in [0.29, 0.717) is 0 Å². The van der Waals surface area contributed by atoms with E-state index >= 15 is 0 Å². The normalized spacial score (nSPS) is 20.4. The molecular weight excluding hydrogens is 318 g/mol. The number of aliphatic hydroxyl groups is 2. The molecule has 2 N–H and O–H groups in total. The van der Waals surface area contributed by atoms with Gasteiger partial charge in [0, 0.05) is 26.1 Å². The Morgan fingerprint density at radius 1 is 0.818 bits per heavy atom. The number of amidine groups is 1. The van der Waals surface area contributed by atoms with Crippen molar-refractivity contribution in [3.8, 4) is 0 Å². The Kier molecular flexibility index (Phi) is 6.08. The number of aliphatic imine (C=N–C) groups is 1. The van der Waals surface area contributed by atoms with Crippen LogP contribution in [0.2, 0.25) is 0 Å². The molecule has 130 valence electrons. The minimum absolute atomic E-state index is 1.08. The summed E-state index contributed by atoms with van der Waals surface area (Å²) in [6, 6.07) is 0. The molecule has 0 aliphatic carbocycles. The van der Waals surface area contributed by atoms with Crippen molar-refractivity contribution >= 4 is 5.84 Å². The van der Waals surface area contributed by atoms with Crippen molar-refractivity contribution in [2.75, 3.05) is 19.6 Å². The topological polar surface area (TPSA) is 56.1 Å². The predicted octanol–water partition coefficient (Wildman–Crippen LogP) is 2.46. The summed E-state index contributed by atoms with van der Waals surface area (Å²) in [5.41, 5.74) is 0. The second-order valence-electron chi connectivity index (χ2n) is 5.12. The fourth-order valence-corrected chi connectivity index (χ4v) is 2.10. The van der Waals surface area contributed by atoms with Crippen LogP contribution in [0.1, 0.15) is 32.1 Å². The molecule has 0 saturated carbocycles. The molecule has 0 atom stereocenters. The first kappa shape index (κ1) is 19.0. The van der Waals surface area contributed by atoms with E-state index in [4.69, 9.17) is 10.2 Å². The van der Waals surface area contributed by atoms with E-state index in [-0.39, 0.29) is 0 Å². The van der Waals surface area contributed by atoms with Gasteiger partial charge in [-0.15, -0.1) is 0 Å². The summed E-state index contributed by atoms with van der Waals surface area (Å²) in [5, 5.41) is 15.0. The molecule has 2 aliphatic rings. The third-order valence-corrected chi connectivity index (χ3v) is 3.36. The van der Waals surface area contributed by atoms with E-state index in [1.165, 1.54) is 51.0 Å². The summed E-state index contributed by atoms with van der Waals surface area (Å²) in [5.74, 6) is -4.23. The Morgan fingerprint density at radius 3 is 1.86 bits per heavy atom. The van der Waals surface area contributed by atoms with Gasteiger partial charge in [0.2, 0.25) is 0 Å². The van der Waals surface area contributed by atoms with Crippen molar-refractivity contribution in [1.29, 1.82) is 0 Å². The van der Waals surface area contributed by atoms with Crippen LogP contribution >= 0.6 is 0 Å².